The van der Waals surface area contributed by atoms with Gasteiger partial charge < -0.3 is 15.0 Å². The maximum absolute atomic E-state index is 13.5. The Balaban J connectivity index is 1.63. The molecule has 1 heterocycles. The zero-order valence-electron chi connectivity index (χ0n) is 19.7. The number of ether oxygens (including phenoxy) is 1. The molecular formula is C26H34FN3O3. The van der Waals surface area contributed by atoms with Crippen molar-refractivity contribution < 1.29 is 18.7 Å². The molecule has 2 amide bonds. The van der Waals surface area contributed by atoms with Crippen LogP contribution < -0.4 is 10.1 Å². The summed E-state index contributed by atoms with van der Waals surface area (Å²) >= 11 is 0. The third-order valence-electron chi connectivity index (χ3n) is 6.04. The Kier molecular flexibility index (Phi) is 8.83. The molecule has 2 aromatic carbocycles. The molecule has 1 fully saturated rings. The van der Waals surface area contributed by atoms with E-state index in [4.69, 9.17) is 4.74 Å². The molecule has 1 aliphatic heterocycles. The van der Waals surface area contributed by atoms with Crippen molar-refractivity contribution in [1.82, 2.24) is 15.1 Å². The Morgan fingerprint density at radius 2 is 2.00 bits per heavy atom. The van der Waals surface area contributed by atoms with Crippen molar-refractivity contribution in [3.05, 3.63) is 65.5 Å². The summed E-state index contributed by atoms with van der Waals surface area (Å²) in [6.45, 7) is 4.15. The summed E-state index contributed by atoms with van der Waals surface area (Å²) in [7, 11) is 3.38. The molecule has 0 spiro atoms. The highest BCUT2D eigenvalue weighted by atomic mass is 19.1. The van der Waals surface area contributed by atoms with Crippen molar-refractivity contribution in [3.8, 4) is 5.75 Å². The maximum Gasteiger partial charge on any atom is 0.259 e. The lowest BCUT2D eigenvalue weighted by atomic mass is 9.95. The van der Waals surface area contributed by atoms with Gasteiger partial charge >= 0.3 is 0 Å². The minimum atomic E-state index is -0.238. The Hall–Kier alpha value is -2.93. The number of likely N-dealkylation sites (N-methyl/N-ethyl adjacent to an activating group) is 1. The molecule has 7 heteroatoms. The van der Waals surface area contributed by atoms with Crippen molar-refractivity contribution in [2.24, 2.45) is 5.92 Å². The Morgan fingerprint density at radius 1 is 1.21 bits per heavy atom. The topological polar surface area (TPSA) is 61.9 Å². The average molecular weight is 456 g/mol. The van der Waals surface area contributed by atoms with Gasteiger partial charge in [0, 0.05) is 32.7 Å². The zero-order valence-corrected chi connectivity index (χ0v) is 19.7. The number of amides is 2. The van der Waals surface area contributed by atoms with Gasteiger partial charge in [-0.15, -0.1) is 0 Å². The molecule has 3 rings (SSSR count). The van der Waals surface area contributed by atoms with Gasteiger partial charge in [0.25, 0.3) is 5.91 Å². The number of carbonyl (C=O) groups excluding carboxylic acids is 2. The molecule has 0 aliphatic carbocycles. The van der Waals surface area contributed by atoms with Gasteiger partial charge in [0.1, 0.15) is 11.6 Å². The van der Waals surface area contributed by atoms with E-state index >= 15 is 0 Å². The van der Waals surface area contributed by atoms with E-state index in [0.29, 0.717) is 25.3 Å². The largest absolute Gasteiger partial charge is 0.483 e. The van der Waals surface area contributed by atoms with Gasteiger partial charge in [0.15, 0.2) is 6.61 Å². The molecule has 0 bridgehead atoms. The summed E-state index contributed by atoms with van der Waals surface area (Å²) in [6, 6.07) is 13.9. The number of halogens is 1. The van der Waals surface area contributed by atoms with E-state index in [-0.39, 0.29) is 36.2 Å². The number of nitrogens with zero attached hydrogens (tertiary/aromatic N) is 2. The van der Waals surface area contributed by atoms with Crippen LogP contribution in [0.5, 0.6) is 5.75 Å². The first-order chi connectivity index (χ1) is 15.9. The number of hydrogen-bond acceptors (Lipinski definition) is 4. The molecule has 178 valence electrons. The Morgan fingerprint density at radius 3 is 2.73 bits per heavy atom. The molecule has 2 atom stereocenters. The highest BCUT2D eigenvalue weighted by Gasteiger charge is 2.28. The van der Waals surface area contributed by atoms with Crippen LogP contribution in [0.1, 0.15) is 43.4 Å². The van der Waals surface area contributed by atoms with Crippen molar-refractivity contribution in [3.63, 3.8) is 0 Å². The predicted molar refractivity (Wildman–Crippen MR) is 126 cm³/mol. The molecule has 0 saturated carbocycles. The van der Waals surface area contributed by atoms with Crippen LogP contribution in [0, 0.1) is 11.7 Å². The van der Waals surface area contributed by atoms with E-state index in [9.17, 15) is 14.0 Å². The van der Waals surface area contributed by atoms with Gasteiger partial charge in [-0.3, -0.25) is 14.5 Å². The normalized spacial score (nSPS) is 17.3. The molecule has 1 aliphatic rings. The van der Waals surface area contributed by atoms with Crippen LogP contribution in [-0.4, -0.2) is 55.4 Å². The summed E-state index contributed by atoms with van der Waals surface area (Å²) in [4.78, 5) is 28.8. The lowest BCUT2D eigenvalue weighted by molar-refractivity contribution is -0.131. The third kappa shape index (κ3) is 7.02. The summed E-state index contributed by atoms with van der Waals surface area (Å²) in [5, 5.41) is 3.20. The van der Waals surface area contributed by atoms with Crippen LogP contribution in [0.25, 0.3) is 0 Å². The number of carbonyl (C=O) groups is 2. The second-order valence-corrected chi connectivity index (χ2v) is 8.79. The van der Waals surface area contributed by atoms with Crippen LogP contribution in [0.15, 0.2) is 48.5 Å². The van der Waals surface area contributed by atoms with Crippen LogP contribution >= 0.6 is 0 Å². The fourth-order valence-corrected chi connectivity index (χ4v) is 4.16. The van der Waals surface area contributed by atoms with E-state index in [1.165, 1.54) is 11.0 Å². The van der Waals surface area contributed by atoms with E-state index in [0.717, 1.165) is 30.5 Å². The summed E-state index contributed by atoms with van der Waals surface area (Å²) < 4.78 is 19.3. The SMILES string of the molecule is CCC(NC(=O)C1CCCN(Cc2cccc(F)c2)C1)c1ccccc1OCC(=O)N(C)C. The lowest BCUT2D eigenvalue weighted by Gasteiger charge is -2.33. The van der Waals surface area contributed by atoms with E-state index in [2.05, 4.69) is 10.2 Å². The third-order valence-corrected chi connectivity index (χ3v) is 6.04. The molecule has 0 aromatic heterocycles. The fourth-order valence-electron chi connectivity index (χ4n) is 4.16. The van der Waals surface area contributed by atoms with Crippen molar-refractivity contribution >= 4 is 11.8 Å². The van der Waals surface area contributed by atoms with Gasteiger partial charge in [-0.2, -0.15) is 0 Å². The highest BCUT2D eigenvalue weighted by molar-refractivity contribution is 5.79. The second-order valence-electron chi connectivity index (χ2n) is 8.79. The standard InChI is InChI=1S/C26H34FN3O3/c1-4-23(22-12-5-6-13-24(22)33-18-25(31)29(2)3)28-26(32)20-10-8-14-30(17-20)16-19-9-7-11-21(27)15-19/h5-7,9,11-13,15,20,23H,4,8,10,14,16-18H2,1-3H3,(H,28,32). The van der Waals surface area contributed by atoms with Gasteiger partial charge in [0.05, 0.1) is 12.0 Å². The summed E-state index contributed by atoms with van der Waals surface area (Å²) in [5.41, 5.74) is 1.79. The number of para-hydroxylation sites is 1. The van der Waals surface area contributed by atoms with E-state index in [1.54, 1.807) is 26.2 Å². The molecular weight excluding hydrogens is 421 g/mol. The predicted octanol–water partition coefficient (Wildman–Crippen LogP) is 3.77. The number of hydrogen-bond donors (Lipinski definition) is 1. The number of nitrogens with one attached hydrogen (secondary N) is 1. The van der Waals surface area contributed by atoms with Crippen LogP contribution in [0.2, 0.25) is 0 Å². The number of piperidine rings is 1. The molecule has 2 aromatic rings. The number of rotatable bonds is 9. The molecule has 6 nitrogen and oxygen atoms in total. The molecule has 0 radical (unpaired) electrons. The van der Waals surface area contributed by atoms with E-state index < -0.39 is 0 Å². The molecule has 2 unspecified atom stereocenters. The second kappa shape index (κ2) is 11.8. The zero-order chi connectivity index (χ0) is 23.8. The van der Waals surface area contributed by atoms with Crippen molar-refractivity contribution in [1.29, 1.82) is 0 Å². The molecule has 1 N–H and O–H groups in total. The van der Waals surface area contributed by atoms with Crippen LogP contribution in [0.3, 0.4) is 0 Å². The van der Waals surface area contributed by atoms with Gasteiger partial charge in [-0.1, -0.05) is 37.3 Å². The quantitative estimate of drug-likeness (QED) is 0.625. The number of benzene rings is 2. The average Bonchev–Trinajstić information content (AvgIpc) is 2.81. The van der Waals surface area contributed by atoms with Crippen LogP contribution in [-0.2, 0) is 16.1 Å². The maximum atomic E-state index is 13.5. The van der Waals surface area contributed by atoms with Gasteiger partial charge in [-0.05, 0) is 49.6 Å². The van der Waals surface area contributed by atoms with E-state index in [1.807, 2.05) is 37.3 Å². The molecule has 1 saturated heterocycles. The minimum Gasteiger partial charge on any atom is -0.483 e. The first-order valence-corrected chi connectivity index (χ1v) is 11.6. The Bertz CT molecular complexity index is 950. The smallest absolute Gasteiger partial charge is 0.259 e. The first-order valence-electron chi connectivity index (χ1n) is 11.6. The molecule has 33 heavy (non-hydrogen) atoms. The van der Waals surface area contributed by atoms with Gasteiger partial charge in [0.2, 0.25) is 5.91 Å². The lowest BCUT2D eigenvalue weighted by Crippen LogP contribution is -2.43. The number of likely N-dealkylation sites (tertiary alicyclic amines) is 1. The van der Waals surface area contributed by atoms with Crippen molar-refractivity contribution in [2.75, 3.05) is 33.8 Å². The Labute approximate surface area is 195 Å². The summed E-state index contributed by atoms with van der Waals surface area (Å²) in [5.74, 6) is 0.145. The highest BCUT2D eigenvalue weighted by Crippen LogP contribution is 2.28. The van der Waals surface area contributed by atoms with Crippen molar-refractivity contribution in [2.45, 2.75) is 38.8 Å². The monoisotopic (exact) mass is 455 g/mol. The van der Waals surface area contributed by atoms with Crippen LogP contribution in [0.4, 0.5) is 4.39 Å². The first kappa shape index (κ1) is 24.7. The summed E-state index contributed by atoms with van der Waals surface area (Å²) in [6.07, 6.45) is 2.46. The fraction of sp³-hybridized carbons (Fsp3) is 0.462. The van der Waals surface area contributed by atoms with Gasteiger partial charge in [-0.25, -0.2) is 4.39 Å². The minimum absolute atomic E-state index is 0.0185.